The summed E-state index contributed by atoms with van der Waals surface area (Å²) in [6, 6.07) is 19.8. The van der Waals surface area contributed by atoms with Crippen LogP contribution in [0.2, 0.25) is 0 Å². The van der Waals surface area contributed by atoms with Gasteiger partial charge in [-0.1, -0.05) is 79.2 Å². The third-order valence-corrected chi connectivity index (χ3v) is 5.26. The van der Waals surface area contributed by atoms with E-state index in [0.29, 0.717) is 13.0 Å². The molecule has 4 nitrogen and oxygen atoms in total. The third kappa shape index (κ3) is 3.54. The van der Waals surface area contributed by atoms with Crippen molar-refractivity contribution in [2.24, 2.45) is 4.99 Å². The van der Waals surface area contributed by atoms with Crippen LogP contribution in [-0.2, 0) is 11.3 Å². The van der Waals surface area contributed by atoms with Crippen molar-refractivity contribution in [1.82, 2.24) is 4.90 Å². The molecule has 1 aliphatic rings. The van der Waals surface area contributed by atoms with Gasteiger partial charge in [0.25, 0.3) is 0 Å². The van der Waals surface area contributed by atoms with E-state index in [9.17, 15) is 9.90 Å². The van der Waals surface area contributed by atoms with Gasteiger partial charge in [0.2, 0.25) is 0 Å². The number of carboxylic acids is 1. The summed E-state index contributed by atoms with van der Waals surface area (Å²) < 4.78 is 0. The average Bonchev–Trinajstić information content (AvgIpc) is 2.89. The maximum Gasteiger partial charge on any atom is 0.305 e. The molecule has 2 aromatic carbocycles. The molecule has 0 fully saturated rings. The number of benzene rings is 2. The van der Waals surface area contributed by atoms with Crippen LogP contribution in [0.3, 0.4) is 0 Å². The van der Waals surface area contributed by atoms with E-state index < -0.39 is 17.0 Å². The number of nitrogens with zero attached hydrogens (tertiary/aromatic N) is 2. The highest BCUT2D eigenvalue weighted by atomic mass is 35.5. The second-order valence-electron chi connectivity index (χ2n) is 6.28. The van der Waals surface area contributed by atoms with E-state index in [1.807, 2.05) is 72.5 Å². The van der Waals surface area contributed by atoms with Gasteiger partial charge >= 0.3 is 5.97 Å². The van der Waals surface area contributed by atoms with Crippen molar-refractivity contribution in [2.45, 2.75) is 37.4 Å². The van der Waals surface area contributed by atoms with Gasteiger partial charge in [-0.3, -0.25) is 9.79 Å². The molecule has 1 heterocycles. The van der Waals surface area contributed by atoms with Crippen LogP contribution in [-0.4, -0.2) is 32.9 Å². The Morgan fingerprint density at radius 1 is 1.16 bits per heavy atom. The van der Waals surface area contributed by atoms with E-state index >= 15 is 0 Å². The molecular weight excluding hydrogens is 336 g/mol. The van der Waals surface area contributed by atoms with Crippen LogP contribution in [0, 0.1) is 0 Å². The zero-order valence-electron chi connectivity index (χ0n) is 14.1. The Hall–Kier alpha value is -2.33. The second-order valence-corrected chi connectivity index (χ2v) is 6.69. The van der Waals surface area contributed by atoms with Gasteiger partial charge in [-0.25, -0.2) is 0 Å². The molecule has 0 aliphatic carbocycles. The van der Waals surface area contributed by atoms with Gasteiger partial charge in [-0.15, -0.1) is 0 Å². The topological polar surface area (TPSA) is 52.9 Å². The van der Waals surface area contributed by atoms with E-state index in [1.54, 1.807) is 0 Å². The first-order valence-electron chi connectivity index (χ1n) is 8.37. The van der Waals surface area contributed by atoms with Gasteiger partial charge in [-0.2, -0.15) is 0 Å². The van der Waals surface area contributed by atoms with Gasteiger partial charge in [0.15, 0.2) is 0 Å². The van der Waals surface area contributed by atoms with Crippen LogP contribution in [0.5, 0.6) is 0 Å². The summed E-state index contributed by atoms with van der Waals surface area (Å²) in [4.78, 5) is 18.3. The summed E-state index contributed by atoms with van der Waals surface area (Å²) in [5.41, 5.74) is 0.723. The van der Waals surface area contributed by atoms with Gasteiger partial charge in [0.1, 0.15) is 16.9 Å². The Bertz CT molecular complexity index is 764. The van der Waals surface area contributed by atoms with Crippen molar-refractivity contribution in [1.29, 1.82) is 0 Å². The molecular formula is C20H21ClN2O2. The van der Waals surface area contributed by atoms with Gasteiger partial charge in [0, 0.05) is 12.1 Å². The van der Waals surface area contributed by atoms with Crippen molar-refractivity contribution in [2.75, 3.05) is 0 Å². The zero-order valence-corrected chi connectivity index (χ0v) is 14.9. The molecule has 2 atom stereocenters. The summed E-state index contributed by atoms with van der Waals surface area (Å²) in [6.07, 6.45) is 0.481. The summed E-state index contributed by atoms with van der Waals surface area (Å²) in [5.74, 6) is -0.127. The first-order valence-corrected chi connectivity index (χ1v) is 8.81. The first kappa shape index (κ1) is 17.5. The molecule has 1 aliphatic heterocycles. The first-order chi connectivity index (χ1) is 12.1. The number of aliphatic imine (C=N–C) groups is 1. The molecule has 0 bridgehead atoms. The van der Waals surface area contributed by atoms with Crippen molar-refractivity contribution in [3.05, 3.63) is 71.8 Å². The lowest BCUT2D eigenvalue weighted by Crippen LogP contribution is -2.44. The highest BCUT2D eigenvalue weighted by molar-refractivity contribution is 6.24. The van der Waals surface area contributed by atoms with Crippen molar-refractivity contribution >= 4 is 23.4 Å². The molecule has 2 unspecified atom stereocenters. The molecule has 25 heavy (non-hydrogen) atoms. The number of rotatable bonds is 6. The van der Waals surface area contributed by atoms with E-state index in [0.717, 1.165) is 17.0 Å². The summed E-state index contributed by atoms with van der Waals surface area (Å²) in [5, 5.41) is 9.37. The summed E-state index contributed by atoms with van der Waals surface area (Å²) >= 11 is 6.79. The molecule has 0 saturated heterocycles. The Labute approximate surface area is 152 Å². The fourth-order valence-corrected chi connectivity index (χ4v) is 3.68. The average molecular weight is 357 g/mol. The number of alkyl halides is 1. The van der Waals surface area contributed by atoms with Gasteiger partial charge in [-0.05, 0) is 12.0 Å². The normalized spacial score (nSPS) is 22.7. The highest BCUT2D eigenvalue weighted by Crippen LogP contribution is 2.39. The zero-order chi connectivity index (χ0) is 17.9. The number of carboxylic acid groups (broad SMARTS) is 1. The number of hydrogen-bond acceptors (Lipinski definition) is 3. The lowest BCUT2D eigenvalue weighted by atomic mass is 9.93. The smallest absolute Gasteiger partial charge is 0.305 e. The number of carbonyl (C=O) groups is 1. The van der Waals surface area contributed by atoms with Crippen LogP contribution in [0.4, 0.5) is 0 Å². The van der Waals surface area contributed by atoms with E-state index in [1.165, 1.54) is 0 Å². The summed E-state index contributed by atoms with van der Waals surface area (Å²) in [7, 11) is 0. The van der Waals surface area contributed by atoms with E-state index in [4.69, 9.17) is 16.6 Å². The molecule has 3 rings (SSSR count). The minimum absolute atomic E-state index is 0.0840. The van der Waals surface area contributed by atoms with Crippen LogP contribution < -0.4 is 0 Å². The monoisotopic (exact) mass is 356 g/mol. The number of hydrogen-bond donors (Lipinski definition) is 1. The molecule has 0 saturated carbocycles. The lowest BCUT2D eigenvalue weighted by Gasteiger charge is -2.32. The molecule has 2 aromatic rings. The maximum absolute atomic E-state index is 11.4. The van der Waals surface area contributed by atoms with Crippen LogP contribution in [0.25, 0.3) is 0 Å². The van der Waals surface area contributed by atoms with Gasteiger partial charge < -0.3 is 10.0 Å². The van der Waals surface area contributed by atoms with Crippen molar-refractivity contribution in [3.8, 4) is 0 Å². The number of amidine groups is 1. The Morgan fingerprint density at radius 3 is 2.32 bits per heavy atom. The fraction of sp³-hybridized carbons (Fsp3) is 0.300. The van der Waals surface area contributed by atoms with E-state index in [-0.39, 0.29) is 6.42 Å². The van der Waals surface area contributed by atoms with Crippen LogP contribution >= 0.6 is 11.6 Å². The van der Waals surface area contributed by atoms with E-state index in [2.05, 4.69) is 0 Å². The largest absolute Gasteiger partial charge is 0.481 e. The minimum Gasteiger partial charge on any atom is -0.481 e. The molecule has 0 aromatic heterocycles. The molecule has 0 spiro atoms. The summed E-state index contributed by atoms with van der Waals surface area (Å²) in [6.45, 7) is 2.53. The highest BCUT2D eigenvalue weighted by Gasteiger charge is 2.48. The van der Waals surface area contributed by atoms with Crippen molar-refractivity contribution in [3.63, 3.8) is 0 Å². The predicted octanol–water partition coefficient (Wildman–Crippen LogP) is 4.14. The molecule has 1 N–H and O–H groups in total. The predicted molar refractivity (Wildman–Crippen MR) is 99.9 cm³/mol. The maximum atomic E-state index is 11.4. The number of aliphatic carboxylic acids is 1. The second kappa shape index (κ2) is 7.28. The Balaban J connectivity index is 2.02. The molecule has 0 radical (unpaired) electrons. The number of halogens is 1. The standard InChI is InChI=1S/C20H21ClN2O2/c1-2-20(13-17(24)25)19(21)23(14-15-9-5-3-6-10-15)18(22-20)16-11-7-4-8-12-16/h3-12,19H,2,13-14H2,1H3,(H,24,25). The molecule has 5 heteroatoms. The Morgan fingerprint density at radius 2 is 1.76 bits per heavy atom. The Kier molecular flexibility index (Phi) is 5.09. The lowest BCUT2D eigenvalue weighted by molar-refractivity contribution is -0.138. The van der Waals surface area contributed by atoms with Crippen LogP contribution in [0.15, 0.2) is 65.7 Å². The molecule has 0 amide bonds. The minimum atomic E-state index is -0.884. The fourth-order valence-electron chi connectivity index (χ4n) is 3.24. The van der Waals surface area contributed by atoms with Crippen molar-refractivity contribution < 1.29 is 9.90 Å². The van der Waals surface area contributed by atoms with Crippen LogP contribution in [0.1, 0.15) is 30.9 Å². The molecule has 130 valence electrons. The quantitative estimate of drug-likeness (QED) is 0.625. The van der Waals surface area contributed by atoms with Gasteiger partial charge in [0.05, 0.1) is 6.42 Å². The third-order valence-electron chi connectivity index (χ3n) is 4.61. The SMILES string of the molecule is CCC1(CC(=O)O)N=C(c2ccccc2)N(Cc2ccccc2)C1Cl.